The summed E-state index contributed by atoms with van der Waals surface area (Å²) in [7, 11) is 0. The molecule has 0 aliphatic rings. The summed E-state index contributed by atoms with van der Waals surface area (Å²) in [4.78, 5) is 0. The predicted octanol–water partition coefficient (Wildman–Crippen LogP) is 4.98. The number of benzene rings is 1. The molecule has 0 atom stereocenters. The van der Waals surface area contributed by atoms with Crippen molar-refractivity contribution in [2.24, 2.45) is 0 Å². The van der Waals surface area contributed by atoms with E-state index in [9.17, 15) is 5.11 Å². The van der Waals surface area contributed by atoms with Gasteiger partial charge in [-0.15, -0.1) is 0 Å². The maximum Gasteiger partial charge on any atom is 0.0843 e. The monoisotopic (exact) mass is 265 g/mol. The molecule has 1 rings (SSSR count). The highest BCUT2D eigenvalue weighted by Gasteiger charge is 2.18. The summed E-state index contributed by atoms with van der Waals surface area (Å²) in [6.45, 7) is 5.99. The van der Waals surface area contributed by atoms with Gasteiger partial charge >= 0.3 is 0 Å². The van der Waals surface area contributed by atoms with Gasteiger partial charge in [-0.25, -0.2) is 0 Å². The van der Waals surface area contributed by atoms with E-state index < -0.39 is 5.60 Å². The lowest BCUT2D eigenvalue weighted by atomic mass is 9.90. The van der Waals surface area contributed by atoms with Gasteiger partial charge in [-0.05, 0) is 37.8 Å². The Kier molecular flexibility index (Phi) is 8.70. The van der Waals surface area contributed by atoms with Crippen molar-refractivity contribution in [1.29, 1.82) is 0 Å². The molecule has 19 heavy (non-hydrogen) atoms. The van der Waals surface area contributed by atoms with Gasteiger partial charge in [0.1, 0.15) is 0 Å². The minimum atomic E-state index is -0.723. The minimum absolute atomic E-state index is 0. The topological polar surface area (TPSA) is 55.2 Å². The molecule has 0 fully saturated rings. The summed E-state index contributed by atoms with van der Waals surface area (Å²) < 4.78 is 0. The number of rotatable bonds is 8. The highest BCUT2D eigenvalue weighted by Crippen LogP contribution is 2.24. The summed E-state index contributed by atoms with van der Waals surface area (Å²) >= 11 is 0. The zero-order valence-electron chi connectivity index (χ0n) is 12.9. The molecule has 0 aromatic heterocycles. The molecule has 0 saturated carbocycles. The summed E-state index contributed by atoms with van der Waals surface area (Å²) in [5, 5.41) is 10.1. The Labute approximate surface area is 118 Å². The predicted molar refractivity (Wildman–Crippen MR) is 83.8 cm³/mol. The fourth-order valence-corrected chi connectivity index (χ4v) is 2.43. The van der Waals surface area contributed by atoms with Gasteiger partial charge in [0, 0.05) is 0 Å². The average molecular weight is 265 g/mol. The first-order valence-electron chi connectivity index (χ1n) is 7.36. The lowest BCUT2D eigenvalue weighted by Gasteiger charge is -2.21. The van der Waals surface area contributed by atoms with Crippen molar-refractivity contribution in [3.8, 4) is 0 Å². The van der Waals surface area contributed by atoms with Gasteiger partial charge in [0.2, 0.25) is 0 Å². The van der Waals surface area contributed by atoms with E-state index in [1.165, 1.54) is 44.1 Å². The van der Waals surface area contributed by atoms with E-state index in [0.717, 1.165) is 12.0 Å². The van der Waals surface area contributed by atoms with Crippen LogP contribution in [0, 0.1) is 0 Å². The number of unbranched alkanes of at least 4 members (excludes halogenated alkanes) is 5. The molecule has 0 aliphatic heterocycles. The number of hydrogen-bond acceptors (Lipinski definition) is 2. The average Bonchev–Trinajstić information content (AvgIpc) is 2.33. The molecule has 0 saturated heterocycles. The standard InChI is InChI=1S/C17H28O.H3N/c1-4-5-6-7-8-9-12-15-13-10-11-14-16(15)17(2,3)18;/h10-11,13-14,18H,4-9,12H2,1-3H3;1H3. The molecule has 1 aromatic carbocycles. The third-order valence-corrected chi connectivity index (χ3v) is 3.48. The molecular formula is C17H31NO. The second-order valence-corrected chi connectivity index (χ2v) is 5.73. The van der Waals surface area contributed by atoms with Gasteiger partial charge in [0.15, 0.2) is 0 Å². The molecule has 2 heteroatoms. The van der Waals surface area contributed by atoms with E-state index in [0.29, 0.717) is 0 Å². The number of hydrogen-bond donors (Lipinski definition) is 2. The molecule has 1 aromatic rings. The van der Waals surface area contributed by atoms with Crippen LogP contribution in [0.5, 0.6) is 0 Å². The summed E-state index contributed by atoms with van der Waals surface area (Å²) in [5.41, 5.74) is 1.66. The summed E-state index contributed by atoms with van der Waals surface area (Å²) in [6, 6.07) is 8.28. The van der Waals surface area contributed by atoms with Crippen LogP contribution in [0.3, 0.4) is 0 Å². The van der Waals surface area contributed by atoms with Crippen LogP contribution in [0.1, 0.15) is 70.4 Å². The Morgan fingerprint density at radius 3 is 2.16 bits per heavy atom. The van der Waals surface area contributed by atoms with Crippen molar-refractivity contribution in [3.05, 3.63) is 35.4 Å². The minimum Gasteiger partial charge on any atom is -0.386 e. The Bertz CT molecular complexity index is 341. The maximum absolute atomic E-state index is 10.1. The Hall–Kier alpha value is -0.860. The van der Waals surface area contributed by atoms with Gasteiger partial charge in [-0.1, -0.05) is 63.3 Å². The van der Waals surface area contributed by atoms with Crippen molar-refractivity contribution in [2.45, 2.75) is 71.3 Å². The summed E-state index contributed by atoms with van der Waals surface area (Å²) in [5.74, 6) is 0. The van der Waals surface area contributed by atoms with Crippen LogP contribution in [0.4, 0.5) is 0 Å². The van der Waals surface area contributed by atoms with Crippen LogP contribution < -0.4 is 6.15 Å². The van der Waals surface area contributed by atoms with E-state index >= 15 is 0 Å². The van der Waals surface area contributed by atoms with E-state index in [1.54, 1.807) is 0 Å². The van der Waals surface area contributed by atoms with Gasteiger partial charge in [-0.3, -0.25) is 0 Å². The lowest BCUT2D eigenvalue weighted by molar-refractivity contribution is 0.0776. The second-order valence-electron chi connectivity index (χ2n) is 5.73. The molecule has 2 nitrogen and oxygen atoms in total. The molecule has 0 spiro atoms. The molecule has 0 amide bonds. The molecule has 4 N–H and O–H groups in total. The van der Waals surface area contributed by atoms with E-state index in [-0.39, 0.29) is 6.15 Å². The Morgan fingerprint density at radius 1 is 0.947 bits per heavy atom. The molecule has 0 heterocycles. The normalized spacial score (nSPS) is 11.2. The van der Waals surface area contributed by atoms with Crippen LogP contribution in [0.15, 0.2) is 24.3 Å². The zero-order chi connectivity index (χ0) is 13.4. The van der Waals surface area contributed by atoms with Crippen LogP contribution in [0.2, 0.25) is 0 Å². The van der Waals surface area contributed by atoms with Crippen molar-refractivity contribution < 1.29 is 5.11 Å². The van der Waals surface area contributed by atoms with Crippen LogP contribution >= 0.6 is 0 Å². The second kappa shape index (κ2) is 9.11. The van der Waals surface area contributed by atoms with Gasteiger partial charge in [-0.2, -0.15) is 0 Å². The summed E-state index contributed by atoms with van der Waals surface area (Å²) in [6.07, 6.45) is 9.01. The largest absolute Gasteiger partial charge is 0.386 e. The molecule has 0 radical (unpaired) electrons. The first-order chi connectivity index (χ1) is 8.55. The van der Waals surface area contributed by atoms with E-state index in [2.05, 4.69) is 19.1 Å². The third-order valence-electron chi connectivity index (χ3n) is 3.48. The fraction of sp³-hybridized carbons (Fsp3) is 0.647. The van der Waals surface area contributed by atoms with Crippen molar-refractivity contribution in [2.75, 3.05) is 0 Å². The smallest absolute Gasteiger partial charge is 0.0843 e. The first kappa shape index (κ1) is 18.1. The maximum atomic E-state index is 10.1. The van der Waals surface area contributed by atoms with Crippen molar-refractivity contribution in [3.63, 3.8) is 0 Å². The van der Waals surface area contributed by atoms with Crippen molar-refractivity contribution >= 4 is 0 Å². The number of aliphatic hydroxyl groups is 1. The highest BCUT2D eigenvalue weighted by atomic mass is 16.3. The Morgan fingerprint density at radius 2 is 1.53 bits per heavy atom. The van der Waals surface area contributed by atoms with Crippen LogP contribution in [0.25, 0.3) is 0 Å². The first-order valence-corrected chi connectivity index (χ1v) is 7.36. The quantitative estimate of drug-likeness (QED) is 0.651. The van der Waals surface area contributed by atoms with Gasteiger partial charge < -0.3 is 11.3 Å². The SMILES string of the molecule is CCCCCCCCc1ccccc1C(C)(C)O.N. The van der Waals surface area contributed by atoms with Crippen LogP contribution in [-0.2, 0) is 12.0 Å². The molecule has 0 aliphatic carbocycles. The zero-order valence-corrected chi connectivity index (χ0v) is 12.9. The van der Waals surface area contributed by atoms with Crippen LogP contribution in [-0.4, -0.2) is 5.11 Å². The molecular weight excluding hydrogens is 234 g/mol. The van der Waals surface area contributed by atoms with Gasteiger partial charge in [0.25, 0.3) is 0 Å². The highest BCUT2D eigenvalue weighted by molar-refractivity contribution is 5.31. The van der Waals surface area contributed by atoms with E-state index in [1.807, 2.05) is 26.0 Å². The lowest BCUT2D eigenvalue weighted by Crippen LogP contribution is -2.17. The van der Waals surface area contributed by atoms with E-state index in [4.69, 9.17) is 0 Å². The Balaban J connectivity index is 0.00000324. The number of aryl methyl sites for hydroxylation is 1. The van der Waals surface area contributed by atoms with Crippen molar-refractivity contribution in [1.82, 2.24) is 6.15 Å². The fourth-order valence-electron chi connectivity index (χ4n) is 2.43. The molecule has 0 bridgehead atoms. The molecule has 110 valence electrons. The van der Waals surface area contributed by atoms with Gasteiger partial charge in [0.05, 0.1) is 5.60 Å². The third kappa shape index (κ3) is 6.74. The molecule has 0 unspecified atom stereocenters.